The Morgan fingerprint density at radius 1 is 1.05 bits per heavy atom. The molecule has 1 N–H and O–H groups in total. The summed E-state index contributed by atoms with van der Waals surface area (Å²) in [5.41, 5.74) is 6.39. The fraction of sp³-hybridized carbons (Fsp3) is 0.167. The Hall–Kier alpha value is -2.37. The molecule has 1 unspecified atom stereocenters. The highest BCUT2D eigenvalue weighted by atomic mass is 16.3. The highest BCUT2D eigenvalue weighted by Crippen LogP contribution is 2.44. The van der Waals surface area contributed by atoms with Gasteiger partial charge in [-0.15, -0.1) is 0 Å². The molecule has 0 aromatic heterocycles. The molecule has 20 heavy (non-hydrogen) atoms. The maximum absolute atomic E-state index is 10.4. The average Bonchev–Trinajstić information content (AvgIpc) is 2.74. The van der Waals surface area contributed by atoms with Crippen LogP contribution in [-0.2, 0) is 0 Å². The van der Waals surface area contributed by atoms with Gasteiger partial charge in [0, 0.05) is 5.57 Å². The topological polar surface area (TPSA) is 44.0 Å². The minimum atomic E-state index is -0.814. The van der Waals surface area contributed by atoms with Gasteiger partial charge in [0.2, 0.25) is 0 Å². The van der Waals surface area contributed by atoms with Crippen LogP contribution < -0.4 is 0 Å². The summed E-state index contributed by atoms with van der Waals surface area (Å²) >= 11 is 0. The third-order valence-electron chi connectivity index (χ3n) is 3.85. The molecule has 3 rings (SSSR count). The first-order valence-electron chi connectivity index (χ1n) is 6.62. The van der Waals surface area contributed by atoms with E-state index in [0.29, 0.717) is 5.57 Å². The van der Waals surface area contributed by atoms with E-state index < -0.39 is 6.10 Å². The molecule has 0 heterocycles. The summed E-state index contributed by atoms with van der Waals surface area (Å²) in [6.45, 7) is 4.05. The van der Waals surface area contributed by atoms with E-state index in [0.717, 1.165) is 27.8 Å². The lowest BCUT2D eigenvalue weighted by Crippen LogP contribution is -1.95. The minimum Gasteiger partial charge on any atom is -0.383 e. The molecule has 0 fully saturated rings. The van der Waals surface area contributed by atoms with E-state index in [2.05, 4.69) is 6.07 Å². The molecule has 1 atom stereocenters. The molecule has 1 aliphatic carbocycles. The third-order valence-corrected chi connectivity index (χ3v) is 3.85. The van der Waals surface area contributed by atoms with Crippen molar-refractivity contribution in [2.24, 2.45) is 0 Å². The molecule has 0 aliphatic heterocycles. The van der Waals surface area contributed by atoms with E-state index in [1.54, 1.807) is 0 Å². The number of rotatable bonds is 1. The zero-order valence-corrected chi connectivity index (χ0v) is 11.5. The van der Waals surface area contributed by atoms with E-state index >= 15 is 0 Å². The Morgan fingerprint density at radius 3 is 2.40 bits per heavy atom. The molecule has 2 nitrogen and oxygen atoms in total. The number of hydrogen-bond acceptors (Lipinski definition) is 2. The quantitative estimate of drug-likeness (QED) is 0.851. The molecule has 0 amide bonds. The summed E-state index contributed by atoms with van der Waals surface area (Å²) < 4.78 is 0. The number of benzene rings is 2. The summed E-state index contributed by atoms with van der Waals surface area (Å²) in [6.07, 6.45) is -0.814. The van der Waals surface area contributed by atoms with Crippen molar-refractivity contribution in [3.63, 3.8) is 0 Å². The smallest absolute Gasteiger partial charge is 0.115 e. The second kappa shape index (κ2) is 4.63. The maximum Gasteiger partial charge on any atom is 0.115 e. The Labute approximate surface area is 118 Å². The first-order chi connectivity index (χ1) is 9.63. The van der Waals surface area contributed by atoms with Crippen LogP contribution in [0.2, 0.25) is 0 Å². The van der Waals surface area contributed by atoms with E-state index in [1.807, 2.05) is 56.3 Å². The van der Waals surface area contributed by atoms with Crippen LogP contribution in [0, 0.1) is 25.2 Å². The van der Waals surface area contributed by atoms with Crippen molar-refractivity contribution in [2.45, 2.75) is 20.0 Å². The van der Waals surface area contributed by atoms with Crippen molar-refractivity contribution >= 4 is 5.57 Å². The van der Waals surface area contributed by atoms with Crippen LogP contribution in [0.3, 0.4) is 0 Å². The predicted octanol–water partition coefficient (Wildman–Crippen LogP) is 3.68. The Bertz CT molecular complexity index is 748. The second-order valence-corrected chi connectivity index (χ2v) is 5.21. The van der Waals surface area contributed by atoms with Crippen LogP contribution in [-0.4, -0.2) is 5.11 Å². The lowest BCUT2D eigenvalue weighted by Gasteiger charge is -2.10. The fourth-order valence-corrected chi connectivity index (χ4v) is 2.82. The zero-order valence-electron chi connectivity index (χ0n) is 11.5. The molecule has 0 spiro atoms. The maximum atomic E-state index is 10.4. The number of aryl methyl sites for hydroxylation is 2. The first-order valence-corrected chi connectivity index (χ1v) is 6.62. The number of nitrogens with zero attached hydrogens (tertiary/aromatic N) is 1. The van der Waals surface area contributed by atoms with Gasteiger partial charge in [-0.2, -0.15) is 5.26 Å². The van der Waals surface area contributed by atoms with Crippen LogP contribution in [0.4, 0.5) is 0 Å². The zero-order chi connectivity index (χ0) is 14.3. The molecule has 2 heteroatoms. The molecule has 0 radical (unpaired) electrons. The van der Waals surface area contributed by atoms with Crippen molar-refractivity contribution in [3.05, 3.63) is 75.9 Å². The molecule has 2 aromatic rings. The third kappa shape index (κ3) is 1.76. The number of fused-ring (bicyclic) bond motifs is 1. The largest absolute Gasteiger partial charge is 0.383 e. The van der Waals surface area contributed by atoms with Gasteiger partial charge < -0.3 is 5.11 Å². The van der Waals surface area contributed by atoms with Crippen molar-refractivity contribution in [1.82, 2.24) is 0 Å². The Balaban J connectivity index is 2.30. The first kappa shape index (κ1) is 12.7. The van der Waals surface area contributed by atoms with Gasteiger partial charge in [0.1, 0.15) is 6.10 Å². The van der Waals surface area contributed by atoms with Crippen LogP contribution in [0.25, 0.3) is 5.57 Å². The van der Waals surface area contributed by atoms with Gasteiger partial charge in [0.15, 0.2) is 0 Å². The second-order valence-electron chi connectivity index (χ2n) is 5.21. The van der Waals surface area contributed by atoms with E-state index in [1.165, 1.54) is 5.56 Å². The van der Waals surface area contributed by atoms with Gasteiger partial charge in [0.25, 0.3) is 0 Å². The van der Waals surface area contributed by atoms with Crippen molar-refractivity contribution < 1.29 is 5.11 Å². The highest BCUT2D eigenvalue weighted by molar-refractivity contribution is 5.91. The molecule has 2 aromatic carbocycles. The Morgan fingerprint density at radius 2 is 1.75 bits per heavy atom. The SMILES string of the molecule is Cc1ccc(C2=C(C#N)C(O)c3cccc(C)c32)cc1. The monoisotopic (exact) mass is 261 g/mol. The summed E-state index contributed by atoms with van der Waals surface area (Å²) in [5, 5.41) is 19.8. The highest BCUT2D eigenvalue weighted by Gasteiger charge is 2.31. The average molecular weight is 261 g/mol. The van der Waals surface area contributed by atoms with Gasteiger partial charge in [-0.25, -0.2) is 0 Å². The Kier molecular flexibility index (Phi) is 2.93. The molecule has 0 bridgehead atoms. The van der Waals surface area contributed by atoms with Gasteiger partial charge in [-0.05, 0) is 36.1 Å². The minimum absolute atomic E-state index is 0.443. The number of aliphatic hydroxyl groups is 1. The number of hydrogen-bond donors (Lipinski definition) is 1. The van der Waals surface area contributed by atoms with Crippen molar-refractivity contribution in [1.29, 1.82) is 5.26 Å². The van der Waals surface area contributed by atoms with Gasteiger partial charge >= 0.3 is 0 Å². The molecular formula is C18H15NO. The fourth-order valence-electron chi connectivity index (χ4n) is 2.82. The summed E-state index contributed by atoms with van der Waals surface area (Å²) in [7, 11) is 0. The normalized spacial score (nSPS) is 17.0. The van der Waals surface area contributed by atoms with E-state index in [9.17, 15) is 10.4 Å². The molecule has 0 saturated heterocycles. The molecule has 98 valence electrons. The predicted molar refractivity (Wildman–Crippen MR) is 79.0 cm³/mol. The van der Waals surface area contributed by atoms with E-state index in [-0.39, 0.29) is 0 Å². The van der Waals surface area contributed by atoms with Crippen LogP contribution >= 0.6 is 0 Å². The molecular weight excluding hydrogens is 246 g/mol. The standard InChI is InChI=1S/C18H15NO/c1-11-6-8-13(9-7-11)17-15(10-19)18(20)14-5-3-4-12(2)16(14)17/h3-9,18,20H,1-2H3. The molecule has 0 saturated carbocycles. The van der Waals surface area contributed by atoms with E-state index in [4.69, 9.17) is 0 Å². The van der Waals surface area contributed by atoms with Crippen LogP contribution in [0.5, 0.6) is 0 Å². The lowest BCUT2D eigenvalue weighted by molar-refractivity contribution is 0.224. The number of aliphatic hydroxyl groups excluding tert-OH is 1. The summed E-state index contributed by atoms with van der Waals surface area (Å²) in [4.78, 5) is 0. The van der Waals surface area contributed by atoms with Crippen molar-refractivity contribution in [3.8, 4) is 6.07 Å². The lowest BCUT2D eigenvalue weighted by atomic mass is 9.94. The van der Waals surface area contributed by atoms with Crippen LogP contribution in [0.15, 0.2) is 48.0 Å². The van der Waals surface area contributed by atoms with Crippen LogP contribution in [0.1, 0.15) is 33.9 Å². The number of nitriles is 1. The van der Waals surface area contributed by atoms with Crippen molar-refractivity contribution in [2.75, 3.05) is 0 Å². The van der Waals surface area contributed by atoms with Gasteiger partial charge in [-0.3, -0.25) is 0 Å². The summed E-state index contributed by atoms with van der Waals surface area (Å²) in [5.74, 6) is 0. The molecule has 1 aliphatic rings. The summed E-state index contributed by atoms with van der Waals surface area (Å²) in [6, 6.07) is 16.1. The van der Waals surface area contributed by atoms with Gasteiger partial charge in [-0.1, -0.05) is 48.0 Å². The van der Waals surface area contributed by atoms with Gasteiger partial charge in [0.05, 0.1) is 11.6 Å².